The Hall–Kier alpha value is -1.32. The second kappa shape index (κ2) is 6.57. The molecule has 0 N–H and O–H groups in total. The Kier molecular flexibility index (Phi) is 5.38. The highest BCUT2D eigenvalue weighted by Crippen LogP contribution is 2.09. The van der Waals surface area contributed by atoms with Gasteiger partial charge in [-0.1, -0.05) is 20.8 Å². The highest BCUT2D eigenvalue weighted by molar-refractivity contribution is 5.75. The number of rotatable bonds is 6. The average molecular weight is 251 g/mol. The smallest absolute Gasteiger partial charge is 0.242 e. The van der Waals surface area contributed by atoms with E-state index in [1.165, 1.54) is 0 Å². The Labute approximate surface area is 110 Å². The van der Waals surface area contributed by atoms with Crippen LogP contribution in [0.1, 0.15) is 38.7 Å². The summed E-state index contributed by atoms with van der Waals surface area (Å²) >= 11 is 0. The van der Waals surface area contributed by atoms with Crippen molar-refractivity contribution in [2.45, 2.75) is 47.1 Å². The number of amides is 1. The van der Waals surface area contributed by atoms with Gasteiger partial charge in [-0.15, -0.1) is 0 Å². The van der Waals surface area contributed by atoms with Crippen molar-refractivity contribution in [2.24, 2.45) is 5.92 Å². The lowest BCUT2D eigenvalue weighted by Crippen LogP contribution is -2.30. The van der Waals surface area contributed by atoms with Gasteiger partial charge in [0, 0.05) is 19.8 Å². The number of likely N-dealkylation sites (N-methyl/N-ethyl adjacent to an activating group) is 1. The molecule has 102 valence electrons. The number of aryl methyl sites for hydroxylation is 1. The van der Waals surface area contributed by atoms with Crippen molar-refractivity contribution in [3.63, 3.8) is 0 Å². The van der Waals surface area contributed by atoms with E-state index >= 15 is 0 Å². The van der Waals surface area contributed by atoms with Crippen LogP contribution in [0.15, 0.2) is 6.20 Å². The Morgan fingerprint density at radius 2 is 2.17 bits per heavy atom. The van der Waals surface area contributed by atoms with Crippen LogP contribution >= 0.6 is 0 Å². The normalized spacial score (nSPS) is 11.0. The summed E-state index contributed by atoms with van der Waals surface area (Å²) in [6.07, 6.45) is 3.96. The molecule has 1 aromatic rings. The third kappa shape index (κ3) is 4.17. The van der Waals surface area contributed by atoms with E-state index in [0.29, 0.717) is 12.5 Å². The van der Waals surface area contributed by atoms with Gasteiger partial charge in [0.15, 0.2) is 0 Å². The molecule has 0 radical (unpaired) electrons. The number of carbonyl (C=O) groups is 1. The molecule has 4 heteroatoms. The lowest BCUT2D eigenvalue weighted by molar-refractivity contribution is -0.130. The maximum Gasteiger partial charge on any atom is 0.242 e. The van der Waals surface area contributed by atoms with Crippen LogP contribution in [0.2, 0.25) is 0 Å². The molecule has 1 heterocycles. The van der Waals surface area contributed by atoms with E-state index in [9.17, 15) is 4.79 Å². The van der Waals surface area contributed by atoms with Gasteiger partial charge in [-0.25, -0.2) is 4.98 Å². The van der Waals surface area contributed by atoms with Gasteiger partial charge in [-0.2, -0.15) is 0 Å². The molecule has 1 amide bonds. The van der Waals surface area contributed by atoms with Crippen molar-refractivity contribution < 1.29 is 4.79 Å². The van der Waals surface area contributed by atoms with Crippen LogP contribution in [0.3, 0.4) is 0 Å². The van der Waals surface area contributed by atoms with Crippen LogP contribution in [-0.4, -0.2) is 34.0 Å². The van der Waals surface area contributed by atoms with Gasteiger partial charge < -0.3 is 9.47 Å². The number of hydrogen-bond acceptors (Lipinski definition) is 2. The summed E-state index contributed by atoms with van der Waals surface area (Å²) in [5.74, 6) is 1.66. The second-order valence-corrected chi connectivity index (χ2v) is 5.32. The third-order valence-electron chi connectivity index (χ3n) is 2.93. The van der Waals surface area contributed by atoms with Gasteiger partial charge in [0.1, 0.15) is 12.4 Å². The second-order valence-electron chi connectivity index (χ2n) is 5.32. The van der Waals surface area contributed by atoms with Crippen molar-refractivity contribution in [3.05, 3.63) is 17.7 Å². The number of hydrogen-bond donors (Lipinski definition) is 0. The first kappa shape index (κ1) is 14.7. The predicted molar refractivity (Wildman–Crippen MR) is 73.4 cm³/mol. The van der Waals surface area contributed by atoms with Gasteiger partial charge in [-0.3, -0.25) is 4.79 Å². The average Bonchev–Trinajstić information content (AvgIpc) is 2.58. The van der Waals surface area contributed by atoms with Crippen molar-refractivity contribution in [2.75, 3.05) is 13.6 Å². The number of nitrogens with zero attached hydrogens (tertiary/aromatic N) is 3. The van der Waals surface area contributed by atoms with Crippen LogP contribution in [0.25, 0.3) is 0 Å². The number of imidazole rings is 1. The molecule has 0 saturated heterocycles. The topological polar surface area (TPSA) is 38.1 Å². The first-order valence-electron chi connectivity index (χ1n) is 6.70. The molecule has 0 aliphatic rings. The van der Waals surface area contributed by atoms with E-state index < -0.39 is 0 Å². The van der Waals surface area contributed by atoms with Crippen molar-refractivity contribution >= 4 is 5.91 Å². The molecule has 0 unspecified atom stereocenters. The molecule has 1 rings (SSSR count). The monoisotopic (exact) mass is 251 g/mol. The van der Waals surface area contributed by atoms with E-state index in [2.05, 4.69) is 25.8 Å². The van der Waals surface area contributed by atoms with Gasteiger partial charge >= 0.3 is 0 Å². The maximum absolute atomic E-state index is 12.0. The minimum absolute atomic E-state index is 0.147. The summed E-state index contributed by atoms with van der Waals surface area (Å²) in [5, 5.41) is 0. The van der Waals surface area contributed by atoms with E-state index in [0.717, 1.165) is 30.9 Å². The fraction of sp³-hybridized carbons (Fsp3) is 0.714. The molecule has 18 heavy (non-hydrogen) atoms. The summed E-state index contributed by atoms with van der Waals surface area (Å²) in [4.78, 5) is 18.2. The molecule has 0 aliphatic carbocycles. The first-order valence-corrected chi connectivity index (χ1v) is 6.70. The molecule has 0 atom stereocenters. The van der Waals surface area contributed by atoms with Crippen molar-refractivity contribution in [1.82, 2.24) is 14.5 Å². The lowest BCUT2D eigenvalue weighted by atomic mass is 10.1. The zero-order valence-corrected chi connectivity index (χ0v) is 12.2. The van der Waals surface area contributed by atoms with E-state index in [-0.39, 0.29) is 5.91 Å². The summed E-state index contributed by atoms with van der Waals surface area (Å²) in [6, 6.07) is 0. The Morgan fingerprint density at radius 1 is 1.50 bits per heavy atom. The first-order chi connectivity index (χ1) is 8.43. The minimum Gasteiger partial charge on any atom is -0.344 e. The zero-order valence-electron chi connectivity index (χ0n) is 12.2. The van der Waals surface area contributed by atoms with Crippen LogP contribution in [0.4, 0.5) is 0 Å². The highest BCUT2D eigenvalue weighted by Gasteiger charge is 2.12. The zero-order chi connectivity index (χ0) is 13.7. The maximum atomic E-state index is 12.0. The third-order valence-corrected chi connectivity index (χ3v) is 2.93. The van der Waals surface area contributed by atoms with Crippen molar-refractivity contribution in [3.8, 4) is 0 Å². The van der Waals surface area contributed by atoms with Crippen LogP contribution in [0, 0.1) is 12.8 Å². The van der Waals surface area contributed by atoms with Crippen molar-refractivity contribution in [1.29, 1.82) is 0 Å². The number of aromatic nitrogens is 2. The van der Waals surface area contributed by atoms with Gasteiger partial charge in [0.25, 0.3) is 0 Å². The predicted octanol–water partition coefficient (Wildman–Crippen LogP) is 2.26. The Morgan fingerprint density at radius 3 is 2.72 bits per heavy atom. The largest absolute Gasteiger partial charge is 0.344 e. The molecule has 0 spiro atoms. The molecular weight excluding hydrogens is 226 g/mol. The molecule has 0 fully saturated rings. The molecular formula is C14H25N3O. The highest BCUT2D eigenvalue weighted by atomic mass is 16.2. The summed E-state index contributed by atoms with van der Waals surface area (Å²) in [5.41, 5.74) is 1.08. The Bertz CT molecular complexity index is 396. The molecule has 0 aliphatic heterocycles. The fourth-order valence-corrected chi connectivity index (χ4v) is 1.98. The quantitative estimate of drug-likeness (QED) is 0.778. The van der Waals surface area contributed by atoms with Gasteiger partial charge in [0.05, 0.1) is 5.69 Å². The van der Waals surface area contributed by atoms with E-state index in [1.54, 1.807) is 4.90 Å². The SMILES string of the molecule is CCCN(C)C(=O)Cn1cc(CC(C)C)nc1C. The summed E-state index contributed by atoms with van der Waals surface area (Å²) in [6.45, 7) is 9.59. The van der Waals surface area contributed by atoms with Crippen LogP contribution in [-0.2, 0) is 17.8 Å². The summed E-state index contributed by atoms with van der Waals surface area (Å²) in [7, 11) is 1.85. The van der Waals surface area contributed by atoms with E-state index in [4.69, 9.17) is 0 Å². The molecule has 0 aromatic carbocycles. The fourth-order valence-electron chi connectivity index (χ4n) is 1.98. The van der Waals surface area contributed by atoms with Gasteiger partial charge in [-0.05, 0) is 25.7 Å². The summed E-state index contributed by atoms with van der Waals surface area (Å²) < 4.78 is 1.95. The van der Waals surface area contributed by atoms with Crippen LogP contribution < -0.4 is 0 Å². The molecule has 0 bridgehead atoms. The lowest BCUT2D eigenvalue weighted by Gasteiger charge is -2.16. The molecule has 1 aromatic heterocycles. The van der Waals surface area contributed by atoms with E-state index in [1.807, 2.05) is 24.7 Å². The molecule has 4 nitrogen and oxygen atoms in total. The van der Waals surface area contributed by atoms with Gasteiger partial charge in [0.2, 0.25) is 5.91 Å². The minimum atomic E-state index is 0.147. The molecule has 0 saturated carbocycles. The van der Waals surface area contributed by atoms with Crippen LogP contribution in [0.5, 0.6) is 0 Å². The standard InChI is InChI=1S/C14H25N3O/c1-6-7-16(5)14(18)10-17-9-13(8-11(2)3)15-12(17)4/h9,11H,6-8,10H2,1-5H3. The number of carbonyl (C=O) groups excluding carboxylic acids is 1. The Balaban J connectivity index is 2.67.